The normalized spacial score (nSPS) is 14.1. The van der Waals surface area contributed by atoms with E-state index in [4.69, 9.17) is 4.55 Å². The second kappa shape index (κ2) is 47.2. The number of hydrogen-bond donors (Lipinski definition) is 1. The average molecular weight is 957 g/mol. The summed E-state index contributed by atoms with van der Waals surface area (Å²) in [4.78, 5) is 9.62. The third-order valence-corrected chi connectivity index (χ3v) is 8.99. The minimum atomic E-state index is -3.84. The largest absolute Gasteiger partial charge is 0.346 e. The Labute approximate surface area is 398 Å². The Bertz CT molecular complexity index is 1100. The second-order valence-corrected chi connectivity index (χ2v) is 15.9. The van der Waals surface area contributed by atoms with Gasteiger partial charge in [-0.15, -0.1) is 13.2 Å². The third kappa shape index (κ3) is 45.4. The summed E-state index contributed by atoms with van der Waals surface area (Å²) >= 11 is 2.08. The van der Waals surface area contributed by atoms with Crippen molar-refractivity contribution in [3.8, 4) is 0 Å². The van der Waals surface area contributed by atoms with Gasteiger partial charge in [0.05, 0.1) is 5.75 Å². The molecule has 0 saturated carbocycles. The number of hydrogen-bond acceptors (Lipinski definition) is 7. The van der Waals surface area contributed by atoms with Crippen LogP contribution in [-0.2, 0) is 88.6 Å². The zero-order valence-electron chi connectivity index (χ0n) is 36.9. The van der Waals surface area contributed by atoms with Crippen LogP contribution in [0.1, 0.15) is 86.3 Å². The molecule has 7 nitrogen and oxygen atoms in total. The molecule has 2 fully saturated rings. The monoisotopic (exact) mass is 956 g/mol. The summed E-state index contributed by atoms with van der Waals surface area (Å²) in [6, 6.07) is 21.1. The maximum atomic E-state index is 10.7. The van der Waals surface area contributed by atoms with Crippen molar-refractivity contribution in [2.75, 3.05) is 77.0 Å². The summed E-state index contributed by atoms with van der Waals surface area (Å²) in [7, 11) is -3.84. The fourth-order valence-corrected chi connectivity index (χ4v) is 6.20. The van der Waals surface area contributed by atoms with E-state index in [1.165, 1.54) is 49.6 Å². The average Bonchev–Trinajstić information content (AvgIpc) is 3.16. The smallest absolute Gasteiger partial charge is 0.266 e. The van der Waals surface area contributed by atoms with E-state index >= 15 is 0 Å². The molecule has 0 aliphatic carbocycles. The fraction of sp³-hybridized carbons (Fsp3) is 0.591. The summed E-state index contributed by atoms with van der Waals surface area (Å²) in [6.45, 7) is 50.0. The molecule has 0 aromatic heterocycles. The van der Waals surface area contributed by atoms with E-state index in [-0.39, 0.29) is 71.2 Å². The predicted molar refractivity (Wildman–Crippen MR) is 241 cm³/mol. The van der Waals surface area contributed by atoms with Crippen LogP contribution in [0, 0.1) is 27.7 Å². The Morgan fingerprint density at radius 3 is 1.18 bits per heavy atom. The molecule has 55 heavy (non-hydrogen) atoms. The summed E-state index contributed by atoms with van der Waals surface area (Å²) in [5, 5.41) is 0. The molecule has 11 heteroatoms. The van der Waals surface area contributed by atoms with Crippen molar-refractivity contribution in [3.63, 3.8) is 0 Å². The van der Waals surface area contributed by atoms with E-state index in [0.29, 0.717) is 11.3 Å². The zero-order valence-corrected chi connectivity index (χ0v) is 44.2. The first-order valence-electron chi connectivity index (χ1n) is 19.4. The Morgan fingerprint density at radius 2 is 0.909 bits per heavy atom. The molecule has 1 N–H and O–H groups in total. The summed E-state index contributed by atoms with van der Waals surface area (Å²) in [6.07, 6.45) is 2.00. The molecule has 2 aliphatic heterocycles. The van der Waals surface area contributed by atoms with E-state index in [2.05, 4.69) is 135 Å². The number of thioether (sulfide) groups is 1. The second-order valence-electron chi connectivity index (χ2n) is 12.5. The third-order valence-electron chi connectivity index (χ3n) is 7.04. The SMILES string of the molecule is C=C.CC.CC(C)(C)SCCN1CCN(Cc2ccccc2)CC1.O=S(=O)(O)CCN1CCN(Cc2ccccc2)CC1.[CH2-]C.[CH2-]C.[CH2-]CC.[CH2-]CC.[Y].[Y]. The maximum Gasteiger partial charge on any atom is 0.266 e. The van der Waals surface area contributed by atoms with Crippen molar-refractivity contribution in [1.29, 1.82) is 0 Å². The van der Waals surface area contributed by atoms with Crippen LogP contribution in [-0.4, -0.2) is 114 Å². The van der Waals surface area contributed by atoms with Gasteiger partial charge in [-0.3, -0.25) is 24.2 Å². The molecule has 4 rings (SSSR count). The first-order chi connectivity index (χ1) is 25.4. The van der Waals surface area contributed by atoms with Crippen molar-refractivity contribution in [3.05, 3.63) is 113 Å². The Balaban J connectivity index is -0.000000160. The molecule has 2 radical (unpaired) electrons. The molecular weight excluding hydrogens is 874 g/mol. The van der Waals surface area contributed by atoms with Crippen LogP contribution >= 0.6 is 11.8 Å². The van der Waals surface area contributed by atoms with Crippen LogP contribution in [0.15, 0.2) is 73.8 Å². The molecule has 0 spiro atoms. The molecule has 2 saturated heterocycles. The van der Waals surface area contributed by atoms with Gasteiger partial charge in [0, 0.05) is 154 Å². The molecule has 0 bridgehead atoms. The standard InChI is InChI=1S/C17H28N2S.C13H20N2O3S.2C3H7.C2H6.2C2H5.C2H4.2Y/c1-17(2,3)20-14-13-18-9-11-19(12-10-18)15-16-7-5-4-6-8-16;16-19(17,18)11-10-14-6-8-15(9-7-14)12-13-4-2-1-3-5-13;2*1-3-2;4*1-2;;/h4-8H,9-15H2,1-3H3;1-5H,6-12H2,(H,16,17,18);2*1,3H2,2H3;1-2H3;2*1H2,2H3;1-2H2;;/q;;2*-1;;2*-1;;;. The molecule has 0 amide bonds. The van der Waals surface area contributed by atoms with Gasteiger partial charge in [-0.1, -0.05) is 109 Å². The number of rotatable bonds is 10. The zero-order chi connectivity index (χ0) is 41.6. The van der Waals surface area contributed by atoms with Crippen LogP contribution in [0.4, 0.5) is 0 Å². The van der Waals surface area contributed by atoms with Gasteiger partial charge in [0.2, 0.25) is 0 Å². The molecule has 318 valence electrons. The molecule has 0 atom stereocenters. The van der Waals surface area contributed by atoms with Gasteiger partial charge in [-0.25, -0.2) is 0 Å². The van der Waals surface area contributed by atoms with Crippen molar-refractivity contribution in [2.24, 2.45) is 0 Å². The molecule has 2 aromatic carbocycles. The molecule has 2 aliphatic rings. The van der Waals surface area contributed by atoms with Gasteiger partial charge >= 0.3 is 0 Å². The molecular formula is C44H82N4O3S2Y2-4. The van der Waals surface area contributed by atoms with Gasteiger partial charge < -0.3 is 27.7 Å². The van der Waals surface area contributed by atoms with E-state index in [1.807, 2.05) is 45.9 Å². The summed E-state index contributed by atoms with van der Waals surface area (Å²) in [5.41, 5.74) is 2.73. The Morgan fingerprint density at radius 1 is 0.636 bits per heavy atom. The van der Waals surface area contributed by atoms with Gasteiger partial charge in [0.15, 0.2) is 0 Å². The quantitative estimate of drug-likeness (QED) is 0.144. The Kier molecular flexibility index (Phi) is 57.7. The van der Waals surface area contributed by atoms with Gasteiger partial charge in [0.25, 0.3) is 10.1 Å². The maximum absolute atomic E-state index is 10.7. The van der Waals surface area contributed by atoms with Crippen LogP contribution in [0.5, 0.6) is 0 Å². The van der Waals surface area contributed by atoms with Crippen LogP contribution in [0.2, 0.25) is 0 Å². The Hall–Kier alpha value is 0.488. The predicted octanol–water partition coefficient (Wildman–Crippen LogP) is 9.99. The van der Waals surface area contributed by atoms with Crippen molar-refractivity contribution in [2.45, 2.75) is 93.0 Å². The number of nitrogens with zero attached hydrogens (tertiary/aromatic N) is 4. The molecule has 0 unspecified atom stereocenters. The number of piperazine rings is 2. The summed E-state index contributed by atoms with van der Waals surface area (Å²) in [5.74, 6) is 1.08. The molecule has 2 heterocycles. The van der Waals surface area contributed by atoms with Crippen LogP contribution in [0.25, 0.3) is 0 Å². The van der Waals surface area contributed by atoms with Crippen LogP contribution < -0.4 is 0 Å². The topological polar surface area (TPSA) is 67.3 Å². The van der Waals surface area contributed by atoms with Crippen molar-refractivity contribution in [1.82, 2.24) is 19.6 Å². The van der Waals surface area contributed by atoms with Crippen molar-refractivity contribution >= 4 is 21.9 Å². The minimum Gasteiger partial charge on any atom is -0.346 e. The van der Waals surface area contributed by atoms with E-state index in [9.17, 15) is 8.42 Å². The fourth-order valence-electron chi connectivity index (χ4n) is 4.75. The van der Waals surface area contributed by atoms with Gasteiger partial charge in [-0.05, 0) is 11.1 Å². The molecule has 2 aromatic rings. The van der Waals surface area contributed by atoms with E-state index in [1.54, 1.807) is 13.8 Å². The number of benzene rings is 2. The van der Waals surface area contributed by atoms with Gasteiger partial charge in [0.1, 0.15) is 0 Å². The first kappa shape index (κ1) is 67.3. The van der Waals surface area contributed by atoms with Gasteiger partial charge in [-0.2, -0.15) is 46.9 Å². The van der Waals surface area contributed by atoms with Crippen molar-refractivity contribution < 1.29 is 78.4 Å². The van der Waals surface area contributed by atoms with E-state index in [0.717, 1.165) is 52.1 Å². The first-order valence-corrected chi connectivity index (χ1v) is 22.0. The van der Waals surface area contributed by atoms with Crippen LogP contribution in [0.3, 0.4) is 0 Å². The van der Waals surface area contributed by atoms with E-state index < -0.39 is 10.1 Å². The minimum absolute atomic E-state index is 0. The summed E-state index contributed by atoms with van der Waals surface area (Å²) < 4.78 is 30.5.